The van der Waals surface area contributed by atoms with Gasteiger partial charge in [-0.15, -0.1) is 0 Å². The van der Waals surface area contributed by atoms with Crippen LogP contribution in [0.1, 0.15) is 22.8 Å². The highest BCUT2D eigenvalue weighted by Gasteiger charge is 2.14. The fourth-order valence-corrected chi connectivity index (χ4v) is 2.36. The lowest BCUT2D eigenvalue weighted by molar-refractivity contribution is -0.114. The van der Waals surface area contributed by atoms with Crippen molar-refractivity contribution in [3.63, 3.8) is 0 Å². The van der Waals surface area contributed by atoms with Crippen molar-refractivity contribution in [2.24, 2.45) is 5.10 Å². The van der Waals surface area contributed by atoms with Crippen molar-refractivity contribution in [1.82, 2.24) is 5.43 Å². The van der Waals surface area contributed by atoms with Crippen LogP contribution in [0, 0.1) is 0 Å². The average molecular weight is 371 g/mol. The molecule has 0 radical (unpaired) electrons. The number of anilines is 1. The van der Waals surface area contributed by atoms with Gasteiger partial charge in [-0.25, -0.2) is 5.43 Å². The molecule has 0 heterocycles. The molecular formula is C19H21N3O5. The average Bonchev–Trinajstić information content (AvgIpc) is 2.67. The van der Waals surface area contributed by atoms with Crippen LogP contribution >= 0.6 is 0 Å². The number of carbonyl (C=O) groups is 2. The summed E-state index contributed by atoms with van der Waals surface area (Å²) >= 11 is 0. The van der Waals surface area contributed by atoms with Gasteiger partial charge in [0.25, 0.3) is 5.91 Å². The molecule has 0 spiro atoms. The minimum atomic E-state index is -0.389. The van der Waals surface area contributed by atoms with Crippen molar-refractivity contribution in [3.8, 4) is 17.2 Å². The SMILES string of the molecule is COc1ccc(/C=N\NC(=O)c2ccc(NC(C)=O)cc2)c(OC)c1OC. The van der Waals surface area contributed by atoms with E-state index in [2.05, 4.69) is 15.8 Å². The predicted octanol–water partition coefficient (Wildman–Crippen LogP) is 2.43. The van der Waals surface area contributed by atoms with E-state index < -0.39 is 0 Å². The zero-order valence-electron chi connectivity index (χ0n) is 15.5. The van der Waals surface area contributed by atoms with Crippen LogP contribution in [0.2, 0.25) is 0 Å². The molecule has 0 fully saturated rings. The summed E-state index contributed by atoms with van der Waals surface area (Å²) in [4.78, 5) is 23.2. The number of hydrazone groups is 1. The fourth-order valence-electron chi connectivity index (χ4n) is 2.36. The van der Waals surface area contributed by atoms with Gasteiger partial charge in [-0.05, 0) is 36.4 Å². The summed E-state index contributed by atoms with van der Waals surface area (Å²) < 4.78 is 15.9. The van der Waals surface area contributed by atoms with Gasteiger partial charge < -0.3 is 19.5 Å². The summed E-state index contributed by atoms with van der Waals surface area (Å²) in [5.74, 6) is 0.828. The number of methoxy groups -OCH3 is 3. The molecule has 8 nitrogen and oxygen atoms in total. The molecule has 0 aromatic heterocycles. The first-order valence-electron chi connectivity index (χ1n) is 8.00. The molecule has 0 unspecified atom stereocenters. The minimum absolute atomic E-state index is 0.180. The van der Waals surface area contributed by atoms with Crippen LogP contribution in [0.25, 0.3) is 0 Å². The monoisotopic (exact) mass is 371 g/mol. The van der Waals surface area contributed by atoms with Gasteiger partial charge in [0.1, 0.15) is 0 Å². The summed E-state index contributed by atoms with van der Waals surface area (Å²) in [6.45, 7) is 1.41. The number of hydrogen-bond acceptors (Lipinski definition) is 6. The molecule has 2 N–H and O–H groups in total. The van der Waals surface area contributed by atoms with Gasteiger partial charge in [0.2, 0.25) is 11.7 Å². The van der Waals surface area contributed by atoms with E-state index in [0.717, 1.165) is 0 Å². The Morgan fingerprint density at radius 2 is 1.59 bits per heavy atom. The smallest absolute Gasteiger partial charge is 0.271 e. The molecule has 0 aliphatic heterocycles. The third kappa shape index (κ3) is 4.97. The Bertz CT molecular complexity index is 847. The van der Waals surface area contributed by atoms with Crippen LogP contribution < -0.4 is 25.0 Å². The van der Waals surface area contributed by atoms with E-state index in [-0.39, 0.29) is 11.8 Å². The van der Waals surface area contributed by atoms with E-state index in [1.807, 2.05) is 0 Å². The second-order valence-corrected chi connectivity index (χ2v) is 5.38. The molecule has 2 aromatic rings. The number of nitrogens with zero attached hydrogens (tertiary/aromatic N) is 1. The van der Waals surface area contributed by atoms with E-state index in [1.165, 1.54) is 34.5 Å². The van der Waals surface area contributed by atoms with Crippen molar-refractivity contribution in [3.05, 3.63) is 47.5 Å². The van der Waals surface area contributed by atoms with Gasteiger partial charge in [0.15, 0.2) is 11.5 Å². The molecule has 0 saturated heterocycles. The van der Waals surface area contributed by atoms with Crippen LogP contribution in [-0.4, -0.2) is 39.4 Å². The standard InChI is InChI=1S/C19H21N3O5/c1-12(23)21-15-8-5-13(6-9-15)19(24)22-20-11-14-7-10-16(25-2)18(27-4)17(14)26-3/h5-11H,1-4H3,(H,21,23)(H,22,24)/b20-11-. The number of ether oxygens (including phenoxy) is 3. The lowest BCUT2D eigenvalue weighted by atomic mass is 10.2. The van der Waals surface area contributed by atoms with Crippen molar-refractivity contribution < 1.29 is 23.8 Å². The molecule has 2 amide bonds. The van der Waals surface area contributed by atoms with Crippen LogP contribution in [0.15, 0.2) is 41.5 Å². The normalized spacial score (nSPS) is 10.4. The Morgan fingerprint density at radius 1 is 0.926 bits per heavy atom. The molecule has 0 aliphatic rings. The number of hydrogen-bond donors (Lipinski definition) is 2. The van der Waals surface area contributed by atoms with Crippen molar-refractivity contribution in [2.75, 3.05) is 26.6 Å². The number of carbonyl (C=O) groups excluding carboxylic acids is 2. The van der Waals surface area contributed by atoms with E-state index in [4.69, 9.17) is 14.2 Å². The Balaban J connectivity index is 2.10. The molecule has 0 saturated carbocycles. The topological polar surface area (TPSA) is 98.2 Å². The molecule has 2 aromatic carbocycles. The Labute approximate surface area is 157 Å². The van der Waals surface area contributed by atoms with Gasteiger partial charge in [-0.2, -0.15) is 5.10 Å². The number of benzene rings is 2. The Morgan fingerprint density at radius 3 is 2.15 bits per heavy atom. The van der Waals surface area contributed by atoms with Crippen LogP contribution in [-0.2, 0) is 4.79 Å². The molecular weight excluding hydrogens is 350 g/mol. The van der Waals surface area contributed by atoms with Crippen molar-refractivity contribution >= 4 is 23.7 Å². The number of rotatable bonds is 7. The molecule has 2 rings (SSSR count). The fraction of sp³-hybridized carbons (Fsp3) is 0.211. The lowest BCUT2D eigenvalue weighted by Gasteiger charge is -2.13. The lowest BCUT2D eigenvalue weighted by Crippen LogP contribution is -2.17. The number of nitrogens with one attached hydrogen (secondary N) is 2. The minimum Gasteiger partial charge on any atom is -0.493 e. The van der Waals surface area contributed by atoms with Crippen LogP contribution in [0.5, 0.6) is 17.2 Å². The highest BCUT2D eigenvalue weighted by Crippen LogP contribution is 2.38. The maximum Gasteiger partial charge on any atom is 0.271 e. The molecule has 8 heteroatoms. The zero-order chi connectivity index (χ0) is 19.8. The van der Waals surface area contributed by atoms with Gasteiger partial charge in [0, 0.05) is 23.7 Å². The summed E-state index contributed by atoms with van der Waals surface area (Å²) in [5, 5.41) is 6.59. The second kappa shape index (κ2) is 9.23. The molecule has 0 bridgehead atoms. The van der Waals surface area contributed by atoms with Gasteiger partial charge in [0.05, 0.1) is 27.5 Å². The van der Waals surface area contributed by atoms with Gasteiger partial charge >= 0.3 is 0 Å². The summed E-state index contributed by atoms with van der Waals surface area (Å²) in [6.07, 6.45) is 1.45. The Kier molecular flexibility index (Phi) is 6.76. The molecule has 0 aliphatic carbocycles. The van der Waals surface area contributed by atoms with E-state index in [1.54, 1.807) is 36.4 Å². The van der Waals surface area contributed by atoms with Crippen molar-refractivity contribution in [1.29, 1.82) is 0 Å². The first kappa shape index (κ1) is 19.8. The maximum atomic E-state index is 12.2. The van der Waals surface area contributed by atoms with E-state index in [0.29, 0.717) is 34.1 Å². The highest BCUT2D eigenvalue weighted by molar-refractivity contribution is 5.96. The Hall–Kier alpha value is -3.55. The summed E-state index contributed by atoms with van der Waals surface area (Å²) in [7, 11) is 4.54. The predicted molar refractivity (Wildman–Crippen MR) is 102 cm³/mol. The number of amides is 2. The van der Waals surface area contributed by atoms with Crippen LogP contribution in [0.3, 0.4) is 0 Å². The van der Waals surface area contributed by atoms with Crippen molar-refractivity contribution in [2.45, 2.75) is 6.92 Å². The van der Waals surface area contributed by atoms with Gasteiger partial charge in [-0.3, -0.25) is 9.59 Å². The first-order valence-corrected chi connectivity index (χ1v) is 8.00. The van der Waals surface area contributed by atoms with E-state index >= 15 is 0 Å². The molecule has 142 valence electrons. The zero-order valence-corrected chi connectivity index (χ0v) is 15.5. The molecule has 27 heavy (non-hydrogen) atoms. The summed E-state index contributed by atoms with van der Waals surface area (Å²) in [6, 6.07) is 9.90. The van der Waals surface area contributed by atoms with E-state index in [9.17, 15) is 9.59 Å². The van der Waals surface area contributed by atoms with Gasteiger partial charge in [-0.1, -0.05) is 0 Å². The van der Waals surface area contributed by atoms with Crippen LogP contribution in [0.4, 0.5) is 5.69 Å². The molecule has 0 atom stereocenters. The maximum absolute atomic E-state index is 12.2. The second-order valence-electron chi connectivity index (χ2n) is 5.38. The highest BCUT2D eigenvalue weighted by atomic mass is 16.5. The summed E-state index contributed by atoms with van der Waals surface area (Å²) in [5.41, 5.74) is 4.06. The third-order valence-electron chi connectivity index (χ3n) is 3.57. The quantitative estimate of drug-likeness (QED) is 0.575. The first-order chi connectivity index (χ1) is 13.0. The third-order valence-corrected chi connectivity index (χ3v) is 3.57. The largest absolute Gasteiger partial charge is 0.493 e.